The van der Waals surface area contributed by atoms with Crippen LogP contribution >= 0.6 is 0 Å². The number of imidazole rings is 1. The molecule has 3 heterocycles. The molecule has 5 rings (SSSR count). The van der Waals surface area contributed by atoms with Crippen molar-refractivity contribution in [2.75, 3.05) is 18.5 Å². The zero-order valence-corrected chi connectivity index (χ0v) is 19.6. The number of rotatable bonds is 7. The maximum atomic E-state index is 12.9. The number of allylic oxidation sites excluding steroid dienone is 1. The lowest BCUT2D eigenvalue weighted by atomic mass is 9.97. The van der Waals surface area contributed by atoms with Gasteiger partial charge in [0.15, 0.2) is 6.61 Å². The van der Waals surface area contributed by atoms with E-state index in [9.17, 15) is 19.2 Å². The molecule has 0 radical (unpaired) electrons. The van der Waals surface area contributed by atoms with Crippen LogP contribution < -0.4 is 20.7 Å². The van der Waals surface area contributed by atoms with Gasteiger partial charge in [-0.3, -0.25) is 23.6 Å². The number of ether oxygens (including phenoxy) is 1. The Labute approximate surface area is 210 Å². The van der Waals surface area contributed by atoms with Gasteiger partial charge in [0.05, 0.1) is 11.6 Å². The molecule has 0 saturated heterocycles. The molecular formula is C26H23N5O6. The van der Waals surface area contributed by atoms with Gasteiger partial charge in [0.25, 0.3) is 17.7 Å². The summed E-state index contributed by atoms with van der Waals surface area (Å²) in [5.74, 6) is -1.88. The lowest BCUT2D eigenvalue weighted by Gasteiger charge is -2.18. The SMILES string of the molecule is O=C1COc2ccc(CNC(=O)c3cn4c(C(=O)NCC5=CCC(C(=O)O)C=C5)cccc4n3)cc2N1. The van der Waals surface area contributed by atoms with Crippen LogP contribution in [0.1, 0.15) is 33.0 Å². The predicted octanol–water partition coefficient (Wildman–Crippen LogP) is 1.91. The number of aromatic nitrogens is 2. The number of carboxylic acids is 1. The number of benzene rings is 1. The summed E-state index contributed by atoms with van der Waals surface area (Å²) in [5.41, 5.74) is 3.02. The van der Waals surface area contributed by atoms with Crippen molar-refractivity contribution in [3.63, 3.8) is 0 Å². The Bertz CT molecular complexity index is 1490. The zero-order valence-electron chi connectivity index (χ0n) is 19.6. The summed E-state index contributed by atoms with van der Waals surface area (Å²) in [6.07, 6.45) is 6.98. The second kappa shape index (κ2) is 9.97. The Morgan fingerprint density at radius 3 is 2.76 bits per heavy atom. The number of nitrogens with zero attached hydrogens (tertiary/aromatic N) is 2. The van der Waals surface area contributed by atoms with Gasteiger partial charge < -0.3 is 25.8 Å². The first-order valence-corrected chi connectivity index (χ1v) is 11.6. The number of anilines is 1. The van der Waals surface area contributed by atoms with Crippen LogP contribution in [-0.2, 0) is 16.1 Å². The number of fused-ring (bicyclic) bond motifs is 2. The van der Waals surface area contributed by atoms with Gasteiger partial charge in [0.1, 0.15) is 22.8 Å². The fraction of sp³-hybridized carbons (Fsp3) is 0.192. The number of pyridine rings is 1. The molecule has 2 aliphatic rings. The molecule has 1 atom stereocenters. The van der Waals surface area contributed by atoms with E-state index in [1.54, 1.807) is 59.0 Å². The molecule has 4 N–H and O–H groups in total. The molecule has 11 nitrogen and oxygen atoms in total. The topological polar surface area (TPSA) is 151 Å². The van der Waals surface area contributed by atoms with Gasteiger partial charge in [0.2, 0.25) is 0 Å². The lowest BCUT2D eigenvalue weighted by Crippen LogP contribution is -2.27. The summed E-state index contributed by atoms with van der Waals surface area (Å²) in [6.45, 7) is 0.417. The van der Waals surface area contributed by atoms with Crippen LogP contribution in [0.4, 0.5) is 5.69 Å². The van der Waals surface area contributed by atoms with Crippen molar-refractivity contribution in [3.05, 3.63) is 83.3 Å². The third kappa shape index (κ3) is 5.20. The van der Waals surface area contributed by atoms with Gasteiger partial charge in [-0.1, -0.05) is 30.4 Å². The fourth-order valence-electron chi connectivity index (χ4n) is 4.07. The minimum atomic E-state index is -0.881. The van der Waals surface area contributed by atoms with Gasteiger partial charge in [0, 0.05) is 19.3 Å². The lowest BCUT2D eigenvalue weighted by molar-refractivity contribution is -0.140. The minimum Gasteiger partial charge on any atom is -0.482 e. The van der Waals surface area contributed by atoms with E-state index >= 15 is 0 Å². The molecule has 3 aromatic rings. The minimum absolute atomic E-state index is 0.0287. The maximum absolute atomic E-state index is 12.9. The molecule has 188 valence electrons. The second-order valence-corrected chi connectivity index (χ2v) is 8.62. The average molecular weight is 501 g/mol. The van der Waals surface area contributed by atoms with Gasteiger partial charge >= 0.3 is 5.97 Å². The van der Waals surface area contributed by atoms with Gasteiger partial charge in [-0.15, -0.1) is 0 Å². The van der Waals surface area contributed by atoms with Crippen LogP contribution in [-0.4, -0.2) is 51.3 Å². The molecule has 1 aliphatic heterocycles. The summed E-state index contributed by atoms with van der Waals surface area (Å²) in [6, 6.07) is 10.3. The van der Waals surface area contributed by atoms with Gasteiger partial charge in [-0.25, -0.2) is 4.98 Å². The number of carbonyl (C=O) groups is 4. The monoisotopic (exact) mass is 501 g/mol. The number of amides is 3. The van der Waals surface area contributed by atoms with Crippen LogP contribution in [0, 0.1) is 5.92 Å². The molecule has 0 spiro atoms. The van der Waals surface area contributed by atoms with Crippen molar-refractivity contribution in [1.29, 1.82) is 0 Å². The fourth-order valence-corrected chi connectivity index (χ4v) is 4.07. The zero-order chi connectivity index (χ0) is 25.9. The van der Waals surface area contributed by atoms with E-state index in [0.717, 1.165) is 11.1 Å². The van der Waals surface area contributed by atoms with E-state index in [-0.39, 0.29) is 37.2 Å². The highest BCUT2D eigenvalue weighted by atomic mass is 16.5. The van der Waals surface area contributed by atoms with Crippen molar-refractivity contribution >= 4 is 35.0 Å². The highest BCUT2D eigenvalue weighted by Gasteiger charge is 2.19. The van der Waals surface area contributed by atoms with Crippen molar-refractivity contribution < 1.29 is 29.0 Å². The van der Waals surface area contributed by atoms with E-state index < -0.39 is 17.8 Å². The summed E-state index contributed by atoms with van der Waals surface area (Å²) in [7, 11) is 0. The molecule has 2 aromatic heterocycles. The maximum Gasteiger partial charge on any atom is 0.310 e. The highest BCUT2D eigenvalue weighted by molar-refractivity contribution is 5.96. The quantitative estimate of drug-likeness (QED) is 0.386. The summed E-state index contributed by atoms with van der Waals surface area (Å²) < 4.78 is 6.88. The highest BCUT2D eigenvalue weighted by Crippen LogP contribution is 2.28. The van der Waals surface area contributed by atoms with Crippen LogP contribution in [0.3, 0.4) is 0 Å². The molecule has 1 unspecified atom stereocenters. The van der Waals surface area contributed by atoms with E-state index in [1.165, 1.54) is 6.20 Å². The van der Waals surface area contributed by atoms with Gasteiger partial charge in [-0.05, 0) is 41.8 Å². The molecule has 11 heteroatoms. The van der Waals surface area contributed by atoms with Crippen LogP contribution in [0.25, 0.3) is 5.65 Å². The van der Waals surface area contributed by atoms with Crippen molar-refractivity contribution in [1.82, 2.24) is 20.0 Å². The van der Waals surface area contributed by atoms with Crippen molar-refractivity contribution in [3.8, 4) is 5.75 Å². The smallest absolute Gasteiger partial charge is 0.310 e. The first-order valence-electron chi connectivity index (χ1n) is 11.6. The number of carbonyl (C=O) groups excluding carboxylic acids is 3. The van der Waals surface area contributed by atoms with Crippen LogP contribution in [0.15, 0.2) is 66.4 Å². The van der Waals surface area contributed by atoms with E-state index in [4.69, 9.17) is 9.84 Å². The first kappa shape index (κ1) is 23.8. The molecule has 0 saturated carbocycles. The second-order valence-electron chi connectivity index (χ2n) is 8.62. The Balaban J connectivity index is 1.23. The largest absolute Gasteiger partial charge is 0.482 e. The van der Waals surface area contributed by atoms with Crippen molar-refractivity contribution in [2.24, 2.45) is 5.92 Å². The van der Waals surface area contributed by atoms with E-state index in [1.807, 2.05) is 0 Å². The molecule has 3 amide bonds. The molecule has 0 bridgehead atoms. The van der Waals surface area contributed by atoms with Crippen LogP contribution in [0.2, 0.25) is 0 Å². The first-order chi connectivity index (χ1) is 17.9. The molecule has 0 fully saturated rings. The van der Waals surface area contributed by atoms with Crippen LogP contribution in [0.5, 0.6) is 5.75 Å². The molecule has 1 aliphatic carbocycles. The summed E-state index contributed by atoms with van der Waals surface area (Å²) in [5, 5.41) is 17.4. The Morgan fingerprint density at radius 1 is 1.14 bits per heavy atom. The number of hydrogen-bond donors (Lipinski definition) is 4. The molecule has 37 heavy (non-hydrogen) atoms. The number of hydrogen-bond acceptors (Lipinski definition) is 6. The summed E-state index contributed by atoms with van der Waals surface area (Å²) >= 11 is 0. The number of nitrogens with one attached hydrogen (secondary N) is 3. The van der Waals surface area contributed by atoms with E-state index in [2.05, 4.69) is 20.9 Å². The Morgan fingerprint density at radius 2 is 1.97 bits per heavy atom. The Hall–Kier alpha value is -4.93. The third-order valence-corrected chi connectivity index (χ3v) is 6.03. The Kier molecular flexibility index (Phi) is 6.42. The molecule has 1 aromatic carbocycles. The number of carboxylic acid groups (broad SMARTS) is 1. The normalized spacial score (nSPS) is 16.3. The molecular weight excluding hydrogens is 478 g/mol. The third-order valence-electron chi connectivity index (χ3n) is 6.03. The summed E-state index contributed by atoms with van der Waals surface area (Å²) in [4.78, 5) is 52.6. The van der Waals surface area contributed by atoms with Gasteiger partial charge in [-0.2, -0.15) is 0 Å². The number of aliphatic carboxylic acids is 1. The average Bonchev–Trinajstić information content (AvgIpc) is 3.35. The standard InChI is InChI=1S/C26H23N5O6/c32-23-14-37-21-9-6-16(10-18(21)30-23)12-27-24(33)19-13-31-20(2-1-3-22(31)29-19)25(34)28-11-15-4-7-17(8-5-15)26(35)36/h1-7,9-10,13,17H,8,11-12,14H2,(H,27,33)(H,28,34)(H,30,32)(H,35,36). The predicted molar refractivity (Wildman–Crippen MR) is 132 cm³/mol. The van der Waals surface area contributed by atoms with E-state index in [0.29, 0.717) is 29.2 Å². The van der Waals surface area contributed by atoms with Crippen molar-refractivity contribution in [2.45, 2.75) is 13.0 Å².